The zero-order valence-electron chi connectivity index (χ0n) is 45.0. The topological polar surface area (TPSA) is 3.24 Å². The van der Waals surface area contributed by atoms with Gasteiger partial charge < -0.3 is 4.90 Å². The first-order valence-corrected chi connectivity index (χ1v) is 28.5. The lowest BCUT2D eigenvalue weighted by Crippen LogP contribution is -2.33. The fraction of sp³-hybridized carbons (Fsp3) is 0.132. The average molecular weight is 1020 g/mol. The van der Waals surface area contributed by atoms with Crippen molar-refractivity contribution in [2.24, 2.45) is 0 Å². The van der Waals surface area contributed by atoms with Gasteiger partial charge in [-0.25, -0.2) is 0 Å². The Kier molecular flexibility index (Phi) is 10.2. The van der Waals surface area contributed by atoms with E-state index in [4.69, 9.17) is 0 Å². The number of hydrogen-bond acceptors (Lipinski definition) is 2. The Morgan fingerprint density at radius 2 is 0.641 bits per heavy atom. The van der Waals surface area contributed by atoms with Crippen LogP contribution in [0.25, 0.3) is 55.6 Å². The SMILES string of the molecule is CC(C)(C)c1ccc2c(c1)C1(c3cc(C(C)(C)C)ccc3S2)c2ccccc2-c2ccc(N(c3ccc4c(c3)C3(c5ccccc5-c5ccccc53)c3ccccc3-4)c3ccccc3-c3ccc(-c4ccccc4)cc3)cc21. The molecule has 374 valence electrons. The molecule has 0 amide bonds. The van der Waals surface area contributed by atoms with E-state index in [0.29, 0.717) is 0 Å². The third kappa shape index (κ3) is 6.63. The van der Waals surface area contributed by atoms with Crippen LogP contribution in [0.1, 0.15) is 97.2 Å². The van der Waals surface area contributed by atoms with E-state index in [9.17, 15) is 0 Å². The molecule has 0 unspecified atom stereocenters. The van der Waals surface area contributed by atoms with Crippen molar-refractivity contribution in [3.63, 3.8) is 0 Å². The number of para-hydroxylation sites is 1. The Hall–Kier alpha value is -8.43. The largest absolute Gasteiger partial charge is 0.310 e. The lowest BCUT2D eigenvalue weighted by molar-refractivity contribution is 0.581. The Bertz CT molecular complexity index is 4130. The molecule has 0 aromatic heterocycles. The summed E-state index contributed by atoms with van der Waals surface area (Å²) < 4.78 is 0. The third-order valence-corrected chi connectivity index (χ3v) is 18.8. The molecule has 2 heteroatoms. The van der Waals surface area contributed by atoms with Crippen LogP contribution in [0, 0.1) is 0 Å². The van der Waals surface area contributed by atoms with Gasteiger partial charge in [-0.2, -0.15) is 0 Å². The van der Waals surface area contributed by atoms with Crippen LogP contribution in [0.2, 0.25) is 0 Å². The molecule has 78 heavy (non-hydrogen) atoms. The lowest BCUT2D eigenvalue weighted by atomic mass is 9.65. The van der Waals surface area contributed by atoms with Crippen LogP contribution >= 0.6 is 11.8 Å². The molecule has 0 radical (unpaired) electrons. The fourth-order valence-corrected chi connectivity index (χ4v) is 15.2. The summed E-state index contributed by atoms with van der Waals surface area (Å²) in [7, 11) is 0. The summed E-state index contributed by atoms with van der Waals surface area (Å²) in [5.74, 6) is 0. The number of anilines is 3. The van der Waals surface area contributed by atoms with Gasteiger partial charge in [-0.3, -0.25) is 0 Å². The van der Waals surface area contributed by atoms with Crippen LogP contribution in [0.5, 0.6) is 0 Å². The number of benzene rings is 11. The minimum Gasteiger partial charge on any atom is -0.310 e. The van der Waals surface area contributed by atoms with Gasteiger partial charge in [0.15, 0.2) is 0 Å². The molecule has 11 aromatic carbocycles. The van der Waals surface area contributed by atoms with E-state index in [1.165, 1.54) is 121 Å². The summed E-state index contributed by atoms with van der Waals surface area (Å²) in [6, 6.07) is 95.2. The summed E-state index contributed by atoms with van der Waals surface area (Å²) in [6.45, 7) is 14.1. The van der Waals surface area contributed by atoms with Gasteiger partial charge in [-0.1, -0.05) is 260 Å². The highest BCUT2D eigenvalue weighted by atomic mass is 32.2. The van der Waals surface area contributed by atoms with Gasteiger partial charge in [0.1, 0.15) is 0 Å². The first kappa shape index (κ1) is 46.8. The summed E-state index contributed by atoms with van der Waals surface area (Å²) >= 11 is 1.93. The molecule has 0 N–H and O–H groups in total. The molecule has 1 nitrogen and oxygen atoms in total. The van der Waals surface area contributed by atoms with Crippen molar-refractivity contribution < 1.29 is 0 Å². The minimum atomic E-state index is -0.597. The van der Waals surface area contributed by atoms with E-state index >= 15 is 0 Å². The molecule has 0 saturated heterocycles. The molecule has 4 aliphatic rings. The van der Waals surface area contributed by atoms with Gasteiger partial charge in [-0.05, 0) is 159 Å². The smallest absolute Gasteiger partial charge is 0.0736 e. The van der Waals surface area contributed by atoms with Crippen molar-refractivity contribution in [3.05, 3.63) is 304 Å². The van der Waals surface area contributed by atoms with Gasteiger partial charge in [0.25, 0.3) is 0 Å². The molecule has 11 aromatic rings. The fourth-order valence-electron chi connectivity index (χ4n) is 14.0. The molecular weight excluding hydrogens is 959 g/mol. The molecule has 0 fully saturated rings. The van der Waals surface area contributed by atoms with Crippen LogP contribution in [0.4, 0.5) is 17.1 Å². The number of nitrogens with zero attached hydrogens (tertiary/aromatic N) is 1. The second-order valence-electron chi connectivity index (χ2n) is 24.0. The van der Waals surface area contributed by atoms with Crippen LogP contribution in [-0.2, 0) is 21.7 Å². The minimum absolute atomic E-state index is 0.0536. The highest BCUT2D eigenvalue weighted by Gasteiger charge is 2.53. The summed E-state index contributed by atoms with van der Waals surface area (Å²) in [6.07, 6.45) is 0. The number of hydrogen-bond donors (Lipinski definition) is 0. The van der Waals surface area contributed by atoms with Crippen molar-refractivity contribution >= 4 is 28.8 Å². The second kappa shape index (κ2) is 17.0. The Morgan fingerprint density at radius 1 is 0.282 bits per heavy atom. The van der Waals surface area contributed by atoms with E-state index in [-0.39, 0.29) is 10.8 Å². The number of rotatable bonds is 5. The van der Waals surface area contributed by atoms with Crippen LogP contribution in [-0.4, -0.2) is 0 Å². The molecule has 2 spiro atoms. The van der Waals surface area contributed by atoms with Crippen molar-refractivity contribution in [1.29, 1.82) is 0 Å². The van der Waals surface area contributed by atoms with Crippen LogP contribution in [0.15, 0.2) is 259 Å². The molecule has 0 atom stereocenters. The normalized spacial score (nSPS) is 14.4. The highest BCUT2D eigenvalue weighted by molar-refractivity contribution is 7.99. The summed E-state index contributed by atoms with van der Waals surface area (Å²) in [4.78, 5) is 5.21. The highest BCUT2D eigenvalue weighted by Crippen LogP contribution is 2.66. The molecule has 15 rings (SSSR count). The first-order valence-electron chi connectivity index (χ1n) is 27.7. The van der Waals surface area contributed by atoms with Gasteiger partial charge in [0.2, 0.25) is 0 Å². The Labute approximate surface area is 464 Å². The van der Waals surface area contributed by atoms with Crippen molar-refractivity contribution in [2.75, 3.05) is 4.90 Å². The predicted molar refractivity (Wildman–Crippen MR) is 327 cm³/mol. The van der Waals surface area contributed by atoms with E-state index in [2.05, 4.69) is 295 Å². The maximum atomic E-state index is 2.58. The van der Waals surface area contributed by atoms with E-state index in [1.54, 1.807) is 0 Å². The van der Waals surface area contributed by atoms with E-state index in [1.807, 2.05) is 11.8 Å². The standard InChI is InChI=1S/C76H59NS/c1-73(2,3)51-36-42-71-68(44-51)76(69-45-52(74(4,5)6)37-43-72(69)78-71)65-30-18-13-26-59(65)61-41-39-54(47-67(61)76)77(70-31-19-14-22-55(70)50-34-32-49(33-35-50)48-20-8-7-9-21-48)53-38-40-60-58-25-12-17-29-64(58)75(66(60)46-53)62-27-15-10-23-56(62)57-24-11-16-28-63(57)75/h7-47H,1-6H3. The zero-order valence-corrected chi connectivity index (χ0v) is 45.8. The maximum Gasteiger partial charge on any atom is 0.0736 e. The van der Waals surface area contributed by atoms with Gasteiger partial charge >= 0.3 is 0 Å². The molecule has 3 aliphatic carbocycles. The van der Waals surface area contributed by atoms with Gasteiger partial charge in [0.05, 0.1) is 16.5 Å². The first-order chi connectivity index (χ1) is 37.9. The quantitative estimate of drug-likeness (QED) is 0.169. The molecule has 0 bridgehead atoms. The van der Waals surface area contributed by atoms with Crippen molar-refractivity contribution in [1.82, 2.24) is 0 Å². The van der Waals surface area contributed by atoms with Gasteiger partial charge in [-0.15, -0.1) is 0 Å². The van der Waals surface area contributed by atoms with Gasteiger partial charge in [0, 0.05) is 26.7 Å². The Morgan fingerprint density at radius 3 is 1.09 bits per heavy atom. The van der Waals surface area contributed by atoms with E-state index in [0.717, 1.165) is 17.1 Å². The molecule has 1 aliphatic heterocycles. The van der Waals surface area contributed by atoms with E-state index < -0.39 is 10.8 Å². The molecule has 1 heterocycles. The second-order valence-corrected chi connectivity index (χ2v) is 25.0. The zero-order chi connectivity index (χ0) is 52.7. The van der Waals surface area contributed by atoms with Crippen LogP contribution in [0.3, 0.4) is 0 Å². The monoisotopic (exact) mass is 1020 g/mol. The van der Waals surface area contributed by atoms with Crippen LogP contribution < -0.4 is 4.90 Å². The molecular formula is C76H59NS. The lowest BCUT2D eigenvalue weighted by Gasteiger charge is -2.41. The third-order valence-electron chi connectivity index (χ3n) is 17.7. The average Bonchev–Trinajstić information content (AvgIpc) is 3.86. The predicted octanol–water partition coefficient (Wildman–Crippen LogP) is 20.3. The van der Waals surface area contributed by atoms with Crippen molar-refractivity contribution in [3.8, 4) is 55.6 Å². The van der Waals surface area contributed by atoms with Crippen molar-refractivity contribution in [2.45, 2.75) is 73.0 Å². The summed E-state index contributed by atoms with van der Waals surface area (Å²) in [5.41, 5.74) is 28.1. The maximum absolute atomic E-state index is 2.58. The molecule has 0 saturated carbocycles. The number of fused-ring (bicyclic) bond motifs is 19. The Balaban J connectivity index is 1.02. The summed E-state index contributed by atoms with van der Waals surface area (Å²) in [5, 5.41) is 0.